The van der Waals surface area contributed by atoms with E-state index < -0.39 is 0 Å². The van der Waals surface area contributed by atoms with E-state index in [9.17, 15) is 0 Å². The second kappa shape index (κ2) is 9.34. The van der Waals surface area contributed by atoms with Gasteiger partial charge in [-0.2, -0.15) is 5.10 Å². The molecular formula is C29H32N2. The number of benzene rings is 3. The van der Waals surface area contributed by atoms with Crippen molar-refractivity contribution in [2.75, 3.05) is 5.43 Å². The summed E-state index contributed by atoms with van der Waals surface area (Å²) >= 11 is 0. The number of allylic oxidation sites excluding steroid dienone is 1. The molecule has 1 N–H and O–H groups in total. The minimum atomic E-state index is 0.349. The summed E-state index contributed by atoms with van der Waals surface area (Å²) in [5, 5.41) is 5.02. The number of para-hydroxylation sites is 1. The molecule has 4 rings (SSSR count). The number of hydrazone groups is 1. The van der Waals surface area contributed by atoms with E-state index in [-0.39, 0.29) is 0 Å². The third-order valence-corrected chi connectivity index (χ3v) is 6.10. The zero-order valence-electron chi connectivity index (χ0n) is 19.0. The van der Waals surface area contributed by atoms with E-state index in [0.29, 0.717) is 17.8 Å². The maximum atomic E-state index is 5.02. The monoisotopic (exact) mass is 408 g/mol. The van der Waals surface area contributed by atoms with Gasteiger partial charge in [-0.05, 0) is 39.7 Å². The van der Waals surface area contributed by atoms with Crippen LogP contribution < -0.4 is 5.43 Å². The average Bonchev–Trinajstić information content (AvgIpc) is 3.19. The Morgan fingerprint density at radius 2 is 1.45 bits per heavy atom. The fourth-order valence-electron chi connectivity index (χ4n) is 4.37. The van der Waals surface area contributed by atoms with Crippen LogP contribution in [0.2, 0.25) is 0 Å². The number of hydrogen-bond donors (Lipinski definition) is 1. The summed E-state index contributed by atoms with van der Waals surface area (Å²) in [5.41, 5.74) is 12.2. The van der Waals surface area contributed by atoms with Gasteiger partial charge in [0.1, 0.15) is 0 Å². The lowest BCUT2D eigenvalue weighted by Gasteiger charge is -2.20. The molecule has 31 heavy (non-hydrogen) atoms. The Bertz CT molecular complexity index is 1060. The lowest BCUT2D eigenvalue weighted by atomic mass is 9.92. The molecule has 0 aliphatic heterocycles. The summed E-state index contributed by atoms with van der Waals surface area (Å²) in [6.07, 6.45) is 5.41. The van der Waals surface area contributed by atoms with Crippen molar-refractivity contribution in [3.05, 3.63) is 107 Å². The van der Waals surface area contributed by atoms with E-state index in [4.69, 9.17) is 5.10 Å². The molecule has 1 unspecified atom stereocenters. The minimum absolute atomic E-state index is 0.349. The Balaban J connectivity index is 1.70. The first-order valence-electron chi connectivity index (χ1n) is 11.3. The molecule has 2 heteroatoms. The van der Waals surface area contributed by atoms with Crippen molar-refractivity contribution in [2.45, 2.75) is 51.9 Å². The van der Waals surface area contributed by atoms with Gasteiger partial charge >= 0.3 is 0 Å². The summed E-state index contributed by atoms with van der Waals surface area (Å²) in [4.78, 5) is 0. The van der Waals surface area contributed by atoms with Crippen LogP contribution in [0.1, 0.15) is 79.7 Å². The summed E-state index contributed by atoms with van der Waals surface area (Å²) in [6.45, 7) is 8.97. The maximum absolute atomic E-state index is 5.02. The van der Waals surface area contributed by atoms with Crippen LogP contribution in [0, 0.1) is 0 Å². The highest BCUT2D eigenvalue weighted by Crippen LogP contribution is 2.35. The Morgan fingerprint density at radius 3 is 2.13 bits per heavy atom. The second-order valence-corrected chi connectivity index (χ2v) is 8.96. The SMILES string of the molecule is CC(C)c1cccc(C(C)C)c1NN=C(CC1C=Cc2ccccc21)c1ccccc1. The Hall–Kier alpha value is -3.13. The van der Waals surface area contributed by atoms with E-state index in [2.05, 4.69) is 118 Å². The third-order valence-electron chi connectivity index (χ3n) is 6.10. The molecule has 0 fully saturated rings. The molecule has 0 aromatic heterocycles. The first-order valence-corrected chi connectivity index (χ1v) is 11.3. The number of fused-ring (bicyclic) bond motifs is 1. The summed E-state index contributed by atoms with van der Waals surface area (Å²) < 4.78 is 0. The molecule has 3 aromatic rings. The van der Waals surface area contributed by atoms with Crippen molar-refractivity contribution in [1.82, 2.24) is 0 Å². The molecule has 0 bridgehead atoms. The van der Waals surface area contributed by atoms with Crippen LogP contribution in [-0.4, -0.2) is 5.71 Å². The molecule has 0 spiro atoms. The standard InChI is InChI=1S/C29H32N2/c1-20(2)25-15-10-16-26(21(3)4)29(25)31-30-28(23-12-6-5-7-13-23)19-24-18-17-22-11-8-9-14-27(22)24/h5-18,20-21,24,31H,19H2,1-4H3. The van der Waals surface area contributed by atoms with Gasteiger partial charge in [0.25, 0.3) is 0 Å². The quantitative estimate of drug-likeness (QED) is 0.311. The molecule has 0 saturated carbocycles. The van der Waals surface area contributed by atoms with E-state index in [1.807, 2.05) is 0 Å². The largest absolute Gasteiger partial charge is 0.278 e. The van der Waals surface area contributed by atoms with Crippen molar-refractivity contribution < 1.29 is 0 Å². The molecule has 0 amide bonds. The van der Waals surface area contributed by atoms with Gasteiger partial charge < -0.3 is 0 Å². The lowest BCUT2D eigenvalue weighted by molar-refractivity contribution is 0.834. The molecule has 0 saturated heterocycles. The molecular weight excluding hydrogens is 376 g/mol. The predicted molar refractivity (Wildman–Crippen MR) is 134 cm³/mol. The second-order valence-electron chi connectivity index (χ2n) is 8.96. The van der Waals surface area contributed by atoms with Gasteiger partial charge in [0, 0.05) is 12.3 Å². The van der Waals surface area contributed by atoms with Gasteiger partial charge in [0.05, 0.1) is 11.4 Å². The first-order chi connectivity index (χ1) is 15.0. The number of rotatable bonds is 7. The van der Waals surface area contributed by atoms with Gasteiger partial charge in [-0.15, -0.1) is 0 Å². The maximum Gasteiger partial charge on any atom is 0.0688 e. The Morgan fingerprint density at radius 1 is 0.806 bits per heavy atom. The zero-order valence-corrected chi connectivity index (χ0v) is 19.0. The van der Waals surface area contributed by atoms with Crippen molar-refractivity contribution in [2.24, 2.45) is 5.10 Å². The number of anilines is 1. The Labute approximate surface area is 186 Å². The van der Waals surface area contributed by atoms with Crippen LogP contribution in [-0.2, 0) is 0 Å². The molecule has 3 aromatic carbocycles. The van der Waals surface area contributed by atoms with Crippen molar-refractivity contribution >= 4 is 17.5 Å². The van der Waals surface area contributed by atoms with Crippen LogP contribution >= 0.6 is 0 Å². The van der Waals surface area contributed by atoms with E-state index in [1.54, 1.807) is 0 Å². The van der Waals surface area contributed by atoms with Gasteiger partial charge in [0.2, 0.25) is 0 Å². The van der Waals surface area contributed by atoms with E-state index >= 15 is 0 Å². The number of nitrogens with zero attached hydrogens (tertiary/aromatic N) is 1. The summed E-state index contributed by atoms with van der Waals surface area (Å²) in [6, 6.07) is 25.8. The number of hydrogen-bond acceptors (Lipinski definition) is 2. The Kier molecular flexibility index (Phi) is 6.36. The van der Waals surface area contributed by atoms with Gasteiger partial charge in [0.15, 0.2) is 0 Å². The third kappa shape index (κ3) is 4.64. The molecule has 1 aliphatic rings. The van der Waals surface area contributed by atoms with Crippen molar-refractivity contribution in [3.63, 3.8) is 0 Å². The van der Waals surface area contributed by atoms with Crippen molar-refractivity contribution in [3.8, 4) is 0 Å². The zero-order chi connectivity index (χ0) is 21.8. The normalized spacial score (nSPS) is 15.5. The van der Waals surface area contributed by atoms with E-state index in [1.165, 1.54) is 27.8 Å². The van der Waals surface area contributed by atoms with Gasteiger partial charge in [-0.1, -0.05) is 113 Å². The molecule has 0 heterocycles. The van der Waals surface area contributed by atoms with Gasteiger partial charge in [-0.3, -0.25) is 5.43 Å². The molecule has 2 nitrogen and oxygen atoms in total. The summed E-state index contributed by atoms with van der Waals surface area (Å²) in [7, 11) is 0. The molecule has 0 radical (unpaired) electrons. The fourth-order valence-corrected chi connectivity index (χ4v) is 4.37. The highest BCUT2D eigenvalue weighted by molar-refractivity contribution is 6.02. The average molecular weight is 409 g/mol. The molecule has 158 valence electrons. The van der Waals surface area contributed by atoms with Gasteiger partial charge in [-0.25, -0.2) is 0 Å². The van der Waals surface area contributed by atoms with Crippen LogP contribution in [0.15, 0.2) is 84.0 Å². The minimum Gasteiger partial charge on any atom is -0.278 e. The highest BCUT2D eigenvalue weighted by Gasteiger charge is 2.20. The highest BCUT2D eigenvalue weighted by atomic mass is 15.3. The fraction of sp³-hybridized carbons (Fsp3) is 0.276. The van der Waals surface area contributed by atoms with Crippen LogP contribution in [0.5, 0.6) is 0 Å². The topological polar surface area (TPSA) is 24.4 Å². The predicted octanol–water partition coefficient (Wildman–Crippen LogP) is 7.95. The molecule has 1 atom stereocenters. The van der Waals surface area contributed by atoms with Crippen molar-refractivity contribution in [1.29, 1.82) is 0 Å². The number of nitrogens with one attached hydrogen (secondary N) is 1. The van der Waals surface area contributed by atoms with Crippen LogP contribution in [0.4, 0.5) is 5.69 Å². The first kappa shape index (κ1) is 21.1. The van der Waals surface area contributed by atoms with Crippen LogP contribution in [0.25, 0.3) is 6.08 Å². The summed E-state index contributed by atoms with van der Waals surface area (Å²) in [5.74, 6) is 1.21. The van der Waals surface area contributed by atoms with E-state index in [0.717, 1.165) is 17.8 Å². The van der Waals surface area contributed by atoms with Crippen LogP contribution in [0.3, 0.4) is 0 Å². The smallest absolute Gasteiger partial charge is 0.0688 e. The lowest BCUT2D eigenvalue weighted by Crippen LogP contribution is -2.11. The molecule has 1 aliphatic carbocycles.